The summed E-state index contributed by atoms with van der Waals surface area (Å²) in [5.41, 5.74) is 0. The van der Waals surface area contributed by atoms with Crippen LogP contribution in [0.5, 0.6) is 0 Å². The molecule has 1 atom stereocenters. The number of carbonyl (C=O) groups is 2. The lowest BCUT2D eigenvalue weighted by molar-refractivity contribution is -0.146. The Morgan fingerprint density at radius 3 is 2.88 bits per heavy atom. The van der Waals surface area contributed by atoms with Crippen molar-refractivity contribution in [3.05, 3.63) is 18.7 Å². The van der Waals surface area contributed by atoms with E-state index in [9.17, 15) is 9.59 Å². The van der Waals surface area contributed by atoms with Gasteiger partial charge in [0.1, 0.15) is 0 Å². The van der Waals surface area contributed by atoms with Crippen LogP contribution in [0.2, 0.25) is 0 Å². The fourth-order valence-electron chi connectivity index (χ4n) is 1.24. The zero-order valence-corrected chi connectivity index (χ0v) is 9.50. The molecule has 1 amide bonds. The second-order valence-electron chi connectivity index (χ2n) is 3.38. The molecule has 7 nitrogen and oxygen atoms in total. The lowest BCUT2D eigenvalue weighted by atomic mass is 10.3. The lowest BCUT2D eigenvalue weighted by Crippen LogP contribution is -2.44. The Balaban J connectivity index is 2.35. The predicted octanol–water partition coefficient (Wildman–Crippen LogP) is -1.08. The van der Waals surface area contributed by atoms with Crippen molar-refractivity contribution in [1.82, 2.24) is 14.9 Å². The summed E-state index contributed by atoms with van der Waals surface area (Å²) in [6.45, 7) is -0.0192. The molecular weight excluding hydrogens is 226 g/mol. The Kier molecular flexibility index (Phi) is 5.15. The molecule has 17 heavy (non-hydrogen) atoms. The second kappa shape index (κ2) is 6.64. The molecule has 94 valence electrons. The summed E-state index contributed by atoms with van der Waals surface area (Å²) in [4.78, 5) is 26.4. The molecule has 0 saturated carbocycles. The zero-order valence-electron chi connectivity index (χ0n) is 9.50. The number of rotatable bonds is 6. The van der Waals surface area contributed by atoms with Crippen molar-refractivity contribution in [3.63, 3.8) is 0 Å². The van der Waals surface area contributed by atoms with Crippen LogP contribution >= 0.6 is 0 Å². The van der Waals surface area contributed by atoms with Crippen molar-refractivity contribution >= 4 is 11.9 Å². The van der Waals surface area contributed by atoms with Gasteiger partial charge in [-0.3, -0.25) is 4.79 Å². The van der Waals surface area contributed by atoms with Gasteiger partial charge in [0.05, 0.1) is 20.0 Å². The molecule has 0 bridgehead atoms. The maximum absolute atomic E-state index is 11.5. The number of ether oxygens (including phenoxy) is 1. The summed E-state index contributed by atoms with van der Waals surface area (Å²) in [5.74, 6) is -0.994. The molecule has 1 rings (SSSR count). The number of aliphatic hydroxyl groups is 1. The first-order valence-electron chi connectivity index (χ1n) is 5.11. The molecule has 0 aliphatic heterocycles. The maximum atomic E-state index is 11.5. The van der Waals surface area contributed by atoms with Gasteiger partial charge in [-0.05, 0) is 0 Å². The number of aromatic nitrogens is 2. The molecule has 0 aromatic carbocycles. The van der Waals surface area contributed by atoms with Gasteiger partial charge in [0.15, 0.2) is 6.04 Å². The summed E-state index contributed by atoms with van der Waals surface area (Å²) < 4.78 is 6.17. The highest BCUT2D eigenvalue weighted by atomic mass is 16.5. The number of esters is 1. The number of hydrogen-bond acceptors (Lipinski definition) is 5. The molecule has 0 aliphatic rings. The van der Waals surface area contributed by atoms with Crippen LogP contribution in [-0.2, 0) is 20.9 Å². The first-order valence-corrected chi connectivity index (χ1v) is 5.11. The average molecular weight is 241 g/mol. The van der Waals surface area contributed by atoms with E-state index in [-0.39, 0.29) is 12.3 Å². The number of methoxy groups -OCH3 is 1. The molecule has 2 N–H and O–H groups in total. The molecule has 1 aromatic rings. The fourth-order valence-corrected chi connectivity index (χ4v) is 1.24. The van der Waals surface area contributed by atoms with E-state index in [0.29, 0.717) is 6.54 Å². The molecule has 1 heterocycles. The van der Waals surface area contributed by atoms with Crippen LogP contribution in [0.15, 0.2) is 18.7 Å². The topological polar surface area (TPSA) is 93.5 Å². The Labute approximate surface area is 98.4 Å². The smallest absolute Gasteiger partial charge is 0.330 e. The minimum Gasteiger partial charge on any atom is -0.467 e. The highest BCUT2D eigenvalue weighted by Crippen LogP contribution is 1.93. The Hall–Kier alpha value is -1.89. The molecule has 0 spiro atoms. The second-order valence-corrected chi connectivity index (χ2v) is 3.38. The standard InChI is InChI=1S/C10H15N3O4/c1-17-10(16)8(6-14)12-9(15)2-4-13-5-3-11-7-13/h3,5,7-8,14H,2,4,6H2,1H3,(H,12,15). The van der Waals surface area contributed by atoms with Crippen LogP contribution in [0.4, 0.5) is 0 Å². The number of carbonyl (C=O) groups excluding carboxylic acids is 2. The number of amides is 1. The normalized spacial score (nSPS) is 11.9. The molecular formula is C10H15N3O4. The van der Waals surface area contributed by atoms with Gasteiger partial charge in [-0.2, -0.15) is 0 Å². The summed E-state index contributed by atoms with van der Waals surface area (Å²) in [6.07, 6.45) is 5.14. The monoisotopic (exact) mass is 241 g/mol. The quantitative estimate of drug-likeness (QED) is 0.618. The molecule has 7 heteroatoms. The van der Waals surface area contributed by atoms with Crippen molar-refractivity contribution in [2.24, 2.45) is 0 Å². The maximum Gasteiger partial charge on any atom is 0.330 e. The van der Waals surface area contributed by atoms with E-state index >= 15 is 0 Å². The zero-order chi connectivity index (χ0) is 12.7. The summed E-state index contributed by atoms with van der Waals surface area (Å²) in [7, 11) is 1.20. The van der Waals surface area contributed by atoms with Gasteiger partial charge in [0, 0.05) is 25.4 Å². The number of aryl methyl sites for hydroxylation is 1. The van der Waals surface area contributed by atoms with Crippen molar-refractivity contribution in [2.75, 3.05) is 13.7 Å². The Bertz CT molecular complexity index is 364. The molecule has 0 fully saturated rings. The van der Waals surface area contributed by atoms with Gasteiger partial charge in [-0.15, -0.1) is 0 Å². The Morgan fingerprint density at radius 1 is 1.59 bits per heavy atom. The largest absolute Gasteiger partial charge is 0.467 e. The van der Waals surface area contributed by atoms with Gasteiger partial charge in [0.2, 0.25) is 5.91 Å². The first-order chi connectivity index (χ1) is 8.17. The van der Waals surface area contributed by atoms with Gasteiger partial charge in [-0.25, -0.2) is 9.78 Å². The summed E-state index contributed by atoms with van der Waals surface area (Å²) in [5, 5.41) is 11.3. The lowest BCUT2D eigenvalue weighted by Gasteiger charge is -2.13. The molecule has 0 saturated heterocycles. The summed E-state index contributed by atoms with van der Waals surface area (Å²) >= 11 is 0. The third-order valence-electron chi connectivity index (χ3n) is 2.16. The van der Waals surface area contributed by atoms with Gasteiger partial charge in [0.25, 0.3) is 0 Å². The highest BCUT2D eigenvalue weighted by molar-refractivity contribution is 5.84. The number of nitrogens with zero attached hydrogens (tertiary/aromatic N) is 2. The van der Waals surface area contributed by atoms with Crippen LogP contribution in [0, 0.1) is 0 Å². The van der Waals surface area contributed by atoms with Crippen molar-refractivity contribution in [3.8, 4) is 0 Å². The molecule has 1 aromatic heterocycles. The van der Waals surface area contributed by atoms with Gasteiger partial charge < -0.3 is 19.7 Å². The van der Waals surface area contributed by atoms with Crippen LogP contribution in [0.3, 0.4) is 0 Å². The minimum atomic E-state index is -1.00. The van der Waals surface area contributed by atoms with E-state index in [1.54, 1.807) is 23.3 Å². The minimum absolute atomic E-state index is 0.198. The van der Waals surface area contributed by atoms with E-state index in [0.717, 1.165) is 0 Å². The predicted molar refractivity (Wildman–Crippen MR) is 57.9 cm³/mol. The fraction of sp³-hybridized carbons (Fsp3) is 0.500. The van der Waals surface area contributed by atoms with E-state index in [1.165, 1.54) is 7.11 Å². The SMILES string of the molecule is COC(=O)C(CO)NC(=O)CCn1ccnc1. The highest BCUT2D eigenvalue weighted by Gasteiger charge is 2.19. The van der Waals surface area contributed by atoms with Gasteiger partial charge in [-0.1, -0.05) is 0 Å². The number of imidazole rings is 1. The van der Waals surface area contributed by atoms with E-state index in [4.69, 9.17) is 5.11 Å². The van der Waals surface area contributed by atoms with Crippen molar-refractivity contribution < 1.29 is 19.4 Å². The number of hydrogen-bond donors (Lipinski definition) is 2. The molecule has 0 radical (unpaired) electrons. The molecule has 1 unspecified atom stereocenters. The third-order valence-corrected chi connectivity index (χ3v) is 2.16. The van der Waals surface area contributed by atoms with Crippen molar-refractivity contribution in [2.45, 2.75) is 19.0 Å². The average Bonchev–Trinajstić information content (AvgIpc) is 2.85. The van der Waals surface area contributed by atoms with Crippen molar-refractivity contribution in [1.29, 1.82) is 0 Å². The van der Waals surface area contributed by atoms with Crippen LogP contribution in [0.25, 0.3) is 0 Å². The summed E-state index contributed by atoms with van der Waals surface area (Å²) in [6, 6.07) is -1.00. The van der Waals surface area contributed by atoms with Crippen LogP contribution in [0.1, 0.15) is 6.42 Å². The van der Waals surface area contributed by atoms with E-state index in [2.05, 4.69) is 15.0 Å². The molecule has 0 aliphatic carbocycles. The number of aliphatic hydroxyl groups excluding tert-OH is 1. The van der Waals surface area contributed by atoms with E-state index in [1.807, 2.05) is 0 Å². The number of nitrogens with one attached hydrogen (secondary N) is 1. The third kappa shape index (κ3) is 4.23. The van der Waals surface area contributed by atoms with Gasteiger partial charge >= 0.3 is 5.97 Å². The first kappa shape index (κ1) is 13.2. The van der Waals surface area contributed by atoms with Crippen LogP contribution < -0.4 is 5.32 Å². The van der Waals surface area contributed by atoms with E-state index < -0.39 is 18.6 Å². The van der Waals surface area contributed by atoms with Crippen LogP contribution in [-0.4, -0.2) is 46.3 Å². The Morgan fingerprint density at radius 2 is 2.35 bits per heavy atom.